The number of rotatable bonds is 34. The van der Waals surface area contributed by atoms with Gasteiger partial charge in [0.25, 0.3) is 0 Å². The first kappa shape index (κ1) is 96.5. The van der Waals surface area contributed by atoms with Gasteiger partial charge in [0.15, 0.2) is 40.5 Å². The number of nitrogens with zero attached hydrogens (tertiary/aromatic N) is 8. The molecule has 14 aromatic rings. The highest BCUT2D eigenvalue weighted by Gasteiger charge is 2.44. The molecule has 10 aromatic carbocycles. The summed E-state index contributed by atoms with van der Waals surface area (Å²) in [6.45, 7) is 12.8. The van der Waals surface area contributed by atoms with E-state index in [9.17, 15) is 38.8 Å². The molecular weight excluding hydrogens is 1750 g/mol. The maximum atomic E-state index is 13.4. The first-order chi connectivity index (χ1) is 67.8. The number of ether oxygens (including phenoxy) is 2. The second kappa shape index (κ2) is 44.6. The number of ketones is 7. The van der Waals surface area contributed by atoms with Gasteiger partial charge in [-0.3, -0.25) is 48.3 Å². The first-order valence-corrected chi connectivity index (χ1v) is 50.9. The second-order valence-electron chi connectivity index (χ2n) is 39.7. The zero-order chi connectivity index (χ0) is 96.2. The molecule has 19 heteroatoms. The number of fused-ring (bicyclic) bond motifs is 11. The maximum absolute atomic E-state index is 13.4. The molecule has 7 aliphatic rings. The number of carbonyl (C=O) groups excluding carboxylic acids is 7. The van der Waals surface area contributed by atoms with E-state index in [-0.39, 0.29) is 34.7 Å². The topological polar surface area (TPSA) is 203 Å². The Morgan fingerprint density at radius 3 is 1.06 bits per heavy atom. The van der Waals surface area contributed by atoms with Crippen LogP contribution >= 0.6 is 11.6 Å². The van der Waals surface area contributed by atoms with Crippen molar-refractivity contribution in [1.82, 2.24) is 38.3 Å². The van der Waals surface area contributed by atoms with Gasteiger partial charge in [-0.25, -0.2) is 0 Å². The summed E-state index contributed by atoms with van der Waals surface area (Å²) in [7, 11) is 3.37. The number of hydrogen-bond acceptors (Lipinski definition) is 14. The molecule has 6 saturated heterocycles. The van der Waals surface area contributed by atoms with E-state index in [1.807, 2.05) is 213 Å². The zero-order valence-electron chi connectivity index (χ0n) is 80.8. The Morgan fingerprint density at radius 2 is 0.683 bits per heavy atom. The third-order valence-corrected chi connectivity index (χ3v) is 31.1. The molecule has 18 nitrogen and oxygen atoms in total. The van der Waals surface area contributed by atoms with Crippen LogP contribution in [0.3, 0.4) is 0 Å². The van der Waals surface area contributed by atoms with E-state index in [2.05, 4.69) is 93.9 Å². The van der Waals surface area contributed by atoms with Crippen LogP contribution in [0.2, 0.25) is 5.02 Å². The molecule has 6 unspecified atom stereocenters. The summed E-state index contributed by atoms with van der Waals surface area (Å²) in [4.78, 5) is 97.4. The molecule has 1 N–H and O–H groups in total. The monoisotopic (exact) mass is 1870 g/mol. The maximum Gasteiger partial charge on any atom is 0.195 e. The van der Waals surface area contributed by atoms with Crippen LogP contribution < -0.4 is 14.8 Å². The lowest BCUT2D eigenvalue weighted by Crippen LogP contribution is -2.43. The molecule has 6 bridgehead atoms. The first-order valence-electron chi connectivity index (χ1n) is 50.5. The van der Waals surface area contributed by atoms with Crippen LogP contribution in [0.1, 0.15) is 242 Å². The Hall–Kier alpha value is -12.7. The number of methoxy groups -OCH3 is 2. The van der Waals surface area contributed by atoms with Crippen molar-refractivity contribution in [2.45, 2.75) is 224 Å². The van der Waals surface area contributed by atoms with Gasteiger partial charge >= 0.3 is 0 Å². The Bertz CT molecular complexity index is 6720. The van der Waals surface area contributed by atoms with E-state index in [4.69, 9.17) is 21.1 Å². The summed E-state index contributed by atoms with van der Waals surface area (Å²) < 4.78 is 20.2. The minimum absolute atomic E-state index is 0.0332. The number of benzene rings is 10. The van der Waals surface area contributed by atoms with Crippen molar-refractivity contribution in [2.24, 2.45) is 17.8 Å². The zero-order valence-corrected chi connectivity index (χ0v) is 81.6. The van der Waals surface area contributed by atoms with E-state index < -0.39 is 0 Å². The number of hydrogen-bond donors (Lipinski definition) is 1. The fourth-order valence-electron chi connectivity index (χ4n) is 24.4. The average molecular weight is 1880 g/mol. The fourth-order valence-corrected chi connectivity index (χ4v) is 24.5. The molecule has 0 spiro atoms. The lowest BCUT2D eigenvalue weighted by atomic mass is 9.85. The predicted molar refractivity (Wildman–Crippen MR) is 554 cm³/mol. The Kier molecular flexibility index (Phi) is 31.0. The number of nitriles is 1. The summed E-state index contributed by atoms with van der Waals surface area (Å²) in [5, 5.41) is 17.6. The minimum atomic E-state index is 0.0332. The van der Waals surface area contributed by atoms with E-state index in [0.29, 0.717) is 118 Å². The lowest BCUT2D eigenvalue weighted by Gasteiger charge is -2.39. The van der Waals surface area contributed by atoms with Crippen molar-refractivity contribution >= 4 is 95.7 Å². The number of aromatic nitrogens is 4. The highest BCUT2D eigenvalue weighted by Crippen LogP contribution is 2.45. The van der Waals surface area contributed by atoms with Crippen LogP contribution in [-0.2, 0) is 39.0 Å². The van der Waals surface area contributed by atoms with E-state index in [1.165, 1.54) is 60.7 Å². The van der Waals surface area contributed by atoms with Crippen LogP contribution in [0.5, 0.6) is 11.5 Å². The predicted octanol–water partition coefficient (Wildman–Crippen LogP) is 24.1. The van der Waals surface area contributed by atoms with Crippen LogP contribution in [0.4, 0.5) is 0 Å². The molecule has 0 radical (unpaired) electrons. The molecular formula is C120H128ClN9O9. The average Bonchev–Trinajstić information content (AvgIpc) is 1.67. The van der Waals surface area contributed by atoms with Crippen LogP contribution in [-0.4, -0.2) is 156 Å². The molecule has 1 aliphatic carbocycles. The van der Waals surface area contributed by atoms with Crippen molar-refractivity contribution in [1.29, 1.82) is 5.26 Å². The van der Waals surface area contributed by atoms with Gasteiger partial charge in [-0.1, -0.05) is 212 Å². The van der Waals surface area contributed by atoms with Gasteiger partial charge in [0, 0.05) is 209 Å². The number of halogens is 1. The van der Waals surface area contributed by atoms with E-state index in [0.717, 1.165) is 207 Å². The van der Waals surface area contributed by atoms with Crippen molar-refractivity contribution < 1.29 is 43.0 Å². The molecule has 4 aromatic heterocycles. The smallest absolute Gasteiger partial charge is 0.195 e. The van der Waals surface area contributed by atoms with Crippen LogP contribution in [0, 0.1) is 36.0 Å². The number of nitrogens with one attached hydrogen (secondary N) is 1. The van der Waals surface area contributed by atoms with Crippen molar-refractivity contribution in [3.63, 3.8) is 0 Å². The SMILES string of the molecule is CC(=O)c1cn(CCCN2C3CCC2CC(CC(=O)c2ccccc2)C3)c2c(C)cccc12.CC(=O)c1cn(CCCNC2Cc3ccccc3C2)c2c(C#N)cccc12.COc1cccc2c(C(=O)c3ccccc3)cn(CCCN3C4CCC3CC(CC(=O)c3ccc(Cl)cc3)C4)c12.COc1cccc2c(C(=O)c3ccccc3)cn(CCCN3C4CCC3CC(CC(=O)c3ccccc3)C4)c12. The summed E-state index contributed by atoms with van der Waals surface area (Å²) in [5.74, 6) is 4.07. The van der Waals surface area contributed by atoms with Crippen LogP contribution in [0.15, 0.2) is 267 Å². The fraction of sp³-hybridized carbons (Fsp3) is 0.367. The van der Waals surface area contributed by atoms with Crippen molar-refractivity contribution in [2.75, 3.05) is 40.4 Å². The molecule has 714 valence electrons. The summed E-state index contributed by atoms with van der Waals surface area (Å²) in [5.41, 5.74) is 15.6. The van der Waals surface area contributed by atoms with E-state index in [1.54, 1.807) is 40.2 Å². The normalized spacial score (nSPS) is 19.8. The number of Topliss-reactive ketones (excluding diaryl/α,β-unsaturated/α-hetero) is 5. The van der Waals surface area contributed by atoms with Gasteiger partial charge in [0.2, 0.25) is 0 Å². The van der Waals surface area contributed by atoms with Gasteiger partial charge in [-0.15, -0.1) is 0 Å². The number of para-hydroxylation sites is 4. The van der Waals surface area contributed by atoms with Crippen molar-refractivity contribution in [3.05, 3.63) is 345 Å². The summed E-state index contributed by atoms with van der Waals surface area (Å²) in [6.07, 6.45) is 30.3. The highest BCUT2D eigenvalue weighted by atomic mass is 35.5. The van der Waals surface area contributed by atoms with Crippen LogP contribution in [0.25, 0.3) is 43.6 Å². The summed E-state index contributed by atoms with van der Waals surface area (Å²) in [6, 6.07) is 84.3. The quantitative estimate of drug-likeness (QED) is 0.0295. The molecule has 6 atom stereocenters. The second-order valence-corrected chi connectivity index (χ2v) is 40.1. The molecule has 10 heterocycles. The Morgan fingerprint density at radius 1 is 0.360 bits per heavy atom. The van der Waals surface area contributed by atoms with Gasteiger partial charge in [-0.2, -0.15) is 5.26 Å². The van der Waals surface area contributed by atoms with Gasteiger partial charge in [0.1, 0.15) is 17.6 Å². The van der Waals surface area contributed by atoms with Gasteiger partial charge < -0.3 is 33.1 Å². The standard InChI is InChI=1S/C34H35ClN2O3.C34H36N2O3.C29H34N2O2.C23H23N3O/c1-40-32-10-5-9-29-30(34(39)25-7-3-2-4-8-25)22-36(33(29)32)17-6-18-37-27-15-16-28(37)20-23(19-27)21-31(38)24-11-13-26(35)14-12-24;1-39-32-15-8-14-29-30(34(38)26-12-6-3-7-13-26)23-35(33(29)32)18-9-19-36-27-16-17-28(36)21-24(20-27)22-31(37)25-10-4-2-5-11-25;1-20-8-6-11-26-27(21(2)32)19-30(29(20)26)14-7-15-31-24-12-13-25(31)17-22(16-24)18-28(33)23-9-4-3-5-10-23;1-16(27)22-15-26(23-19(14-24)8-4-9-21(22)23)11-5-10-25-20-12-17-6-2-3-7-18(17)13-20/h2-5,7-14,22-23,27-28H,6,15-21H2,1H3;2-8,10-15,23-24,27-28H,9,16-22H2,1H3;3-6,8-11,19,22,24-25H,7,12-18H2,1-2H3;2-4,6-9,15,20,25H,5,10-13H2,1H3. The van der Waals surface area contributed by atoms with Gasteiger partial charge in [0.05, 0.1) is 41.8 Å². The Balaban J connectivity index is 0.000000124. The molecule has 0 amide bonds. The number of piperidine rings is 3. The number of carbonyl (C=O) groups is 7. The third-order valence-electron chi connectivity index (χ3n) is 30.8. The molecule has 6 fully saturated rings. The summed E-state index contributed by atoms with van der Waals surface area (Å²) >= 11 is 6.00. The molecule has 6 aliphatic heterocycles. The molecule has 21 rings (SSSR count). The van der Waals surface area contributed by atoms with Gasteiger partial charge in [-0.05, 0) is 220 Å². The van der Waals surface area contributed by atoms with E-state index >= 15 is 0 Å². The Labute approximate surface area is 821 Å². The molecule has 0 saturated carbocycles. The number of aryl methyl sites for hydroxylation is 5. The van der Waals surface area contributed by atoms with Crippen molar-refractivity contribution in [3.8, 4) is 17.6 Å². The highest BCUT2D eigenvalue weighted by molar-refractivity contribution is 6.30. The largest absolute Gasteiger partial charge is 0.495 e. The third kappa shape index (κ3) is 22.0. The molecule has 139 heavy (non-hydrogen) atoms. The lowest BCUT2D eigenvalue weighted by molar-refractivity contribution is 0.0800. The minimum Gasteiger partial charge on any atom is -0.495 e.